The van der Waals surface area contributed by atoms with Crippen LogP contribution in [0.2, 0.25) is 10.0 Å². The third kappa shape index (κ3) is 5.57. The van der Waals surface area contributed by atoms with Crippen LogP contribution < -0.4 is 5.32 Å². The number of nitrogens with one attached hydrogen (secondary N) is 1. The molecule has 0 radical (unpaired) electrons. The van der Waals surface area contributed by atoms with Gasteiger partial charge in [0.25, 0.3) is 0 Å². The Balaban J connectivity index is 1.46. The van der Waals surface area contributed by atoms with Gasteiger partial charge in [0.05, 0.1) is 12.6 Å². The number of piperazine rings is 1. The summed E-state index contributed by atoms with van der Waals surface area (Å²) in [7, 11) is 0. The molecule has 1 N–H and O–H groups in total. The Morgan fingerprint density at radius 1 is 1.00 bits per heavy atom. The summed E-state index contributed by atoms with van der Waals surface area (Å²) in [4.78, 5) is 31.1. The van der Waals surface area contributed by atoms with Gasteiger partial charge in [0.15, 0.2) is 0 Å². The first-order valence-electron chi connectivity index (χ1n) is 9.43. The summed E-state index contributed by atoms with van der Waals surface area (Å²) < 4.78 is 0. The highest BCUT2D eigenvalue weighted by Crippen LogP contribution is 2.23. The van der Waals surface area contributed by atoms with Gasteiger partial charge in [-0.25, -0.2) is 0 Å². The van der Waals surface area contributed by atoms with E-state index in [1.807, 2.05) is 11.8 Å². The first kappa shape index (κ1) is 20.4. The van der Waals surface area contributed by atoms with Crippen LogP contribution in [0.15, 0.2) is 18.2 Å². The van der Waals surface area contributed by atoms with Crippen molar-refractivity contribution in [2.24, 2.45) is 0 Å². The number of carbonyl (C=O) groups excluding carboxylic acids is 2. The van der Waals surface area contributed by atoms with Crippen molar-refractivity contribution in [2.75, 3.05) is 51.1 Å². The van der Waals surface area contributed by atoms with Crippen molar-refractivity contribution in [3.05, 3.63) is 28.2 Å². The van der Waals surface area contributed by atoms with Crippen molar-refractivity contribution in [3.8, 4) is 0 Å². The van der Waals surface area contributed by atoms with Crippen LogP contribution in [0.5, 0.6) is 0 Å². The minimum atomic E-state index is -0.265. The third-order valence-electron chi connectivity index (χ3n) is 5.28. The van der Waals surface area contributed by atoms with Gasteiger partial charge in [0.2, 0.25) is 11.8 Å². The topological polar surface area (TPSA) is 55.9 Å². The molecule has 148 valence electrons. The van der Waals surface area contributed by atoms with E-state index >= 15 is 0 Å². The van der Waals surface area contributed by atoms with Gasteiger partial charge in [-0.3, -0.25) is 19.4 Å². The first-order chi connectivity index (χ1) is 12.9. The van der Waals surface area contributed by atoms with Crippen molar-refractivity contribution >= 4 is 40.7 Å². The van der Waals surface area contributed by atoms with Crippen LogP contribution in [0.25, 0.3) is 0 Å². The summed E-state index contributed by atoms with van der Waals surface area (Å²) in [5, 5.41) is 3.85. The van der Waals surface area contributed by atoms with Crippen LogP contribution in [0.3, 0.4) is 0 Å². The maximum Gasteiger partial charge on any atom is 0.241 e. The number of anilines is 1. The summed E-state index contributed by atoms with van der Waals surface area (Å²) in [5.74, 6) is 0.138. The maximum absolute atomic E-state index is 12.6. The summed E-state index contributed by atoms with van der Waals surface area (Å²) in [6.07, 6.45) is 2.23. The van der Waals surface area contributed by atoms with Gasteiger partial charge in [0, 0.05) is 55.0 Å². The van der Waals surface area contributed by atoms with Crippen molar-refractivity contribution in [2.45, 2.75) is 25.8 Å². The highest BCUT2D eigenvalue weighted by atomic mass is 35.5. The molecule has 2 fully saturated rings. The fourth-order valence-electron chi connectivity index (χ4n) is 3.61. The van der Waals surface area contributed by atoms with E-state index in [-0.39, 0.29) is 17.9 Å². The van der Waals surface area contributed by atoms with E-state index in [1.54, 1.807) is 18.2 Å². The van der Waals surface area contributed by atoms with E-state index in [9.17, 15) is 9.59 Å². The van der Waals surface area contributed by atoms with Crippen molar-refractivity contribution in [3.63, 3.8) is 0 Å². The zero-order chi connectivity index (χ0) is 19.4. The second-order valence-electron chi connectivity index (χ2n) is 7.22. The molecule has 1 atom stereocenters. The Hall–Kier alpha value is -1.34. The molecule has 2 saturated heterocycles. The third-order valence-corrected chi connectivity index (χ3v) is 5.72. The molecule has 0 bridgehead atoms. The van der Waals surface area contributed by atoms with Gasteiger partial charge in [-0.1, -0.05) is 23.2 Å². The van der Waals surface area contributed by atoms with Gasteiger partial charge in [0.1, 0.15) is 0 Å². The molecule has 3 rings (SSSR count). The zero-order valence-corrected chi connectivity index (χ0v) is 17.1. The Labute approximate surface area is 170 Å². The molecule has 2 heterocycles. The average Bonchev–Trinajstić information content (AvgIpc) is 3.15. The van der Waals surface area contributed by atoms with Crippen LogP contribution in [0.1, 0.15) is 19.8 Å². The number of benzene rings is 1. The molecule has 8 heteroatoms. The number of hydrogen-bond acceptors (Lipinski definition) is 4. The van der Waals surface area contributed by atoms with Crippen LogP contribution in [0.4, 0.5) is 5.69 Å². The summed E-state index contributed by atoms with van der Waals surface area (Å²) >= 11 is 12.0. The van der Waals surface area contributed by atoms with Crippen LogP contribution in [0, 0.1) is 0 Å². The van der Waals surface area contributed by atoms with E-state index in [0.29, 0.717) is 22.3 Å². The Bertz CT molecular complexity index is 666. The molecule has 2 aliphatic rings. The van der Waals surface area contributed by atoms with Crippen LogP contribution in [-0.4, -0.2) is 78.4 Å². The molecule has 0 spiro atoms. The standard InChI is InChI=1S/C19H26Cl2N4O2/c1-14(19(27)22-17-11-15(20)10-16(21)12-17)24-8-6-23(7-9-24)13-18(26)25-4-2-3-5-25/h10-12,14H,2-9,13H2,1H3,(H,22,27)/t14-/m1/s1. The maximum atomic E-state index is 12.6. The zero-order valence-electron chi connectivity index (χ0n) is 15.6. The molecule has 6 nitrogen and oxygen atoms in total. The first-order valence-corrected chi connectivity index (χ1v) is 10.2. The Morgan fingerprint density at radius 3 is 2.19 bits per heavy atom. The highest BCUT2D eigenvalue weighted by molar-refractivity contribution is 6.35. The minimum absolute atomic E-state index is 0.0880. The van der Waals surface area contributed by atoms with E-state index in [2.05, 4.69) is 15.1 Å². The number of amides is 2. The largest absolute Gasteiger partial charge is 0.342 e. The fourth-order valence-corrected chi connectivity index (χ4v) is 4.13. The lowest BCUT2D eigenvalue weighted by atomic mass is 10.2. The summed E-state index contributed by atoms with van der Waals surface area (Å²) in [6.45, 7) is 7.27. The molecule has 0 aliphatic carbocycles. The minimum Gasteiger partial charge on any atom is -0.342 e. The predicted molar refractivity (Wildman–Crippen MR) is 108 cm³/mol. The second kappa shape index (κ2) is 9.24. The second-order valence-corrected chi connectivity index (χ2v) is 8.10. The molecule has 2 aliphatic heterocycles. The monoisotopic (exact) mass is 412 g/mol. The average molecular weight is 413 g/mol. The highest BCUT2D eigenvalue weighted by Gasteiger charge is 2.27. The predicted octanol–water partition coefficient (Wildman–Crippen LogP) is 2.56. The number of rotatable bonds is 5. The fraction of sp³-hybridized carbons (Fsp3) is 0.579. The molecule has 1 aromatic carbocycles. The lowest BCUT2D eigenvalue weighted by molar-refractivity contribution is -0.132. The molecule has 0 unspecified atom stereocenters. The quantitative estimate of drug-likeness (QED) is 0.806. The molecule has 27 heavy (non-hydrogen) atoms. The lowest BCUT2D eigenvalue weighted by Gasteiger charge is -2.37. The van der Waals surface area contributed by atoms with Crippen molar-refractivity contribution in [1.29, 1.82) is 0 Å². The summed E-state index contributed by atoms with van der Waals surface area (Å²) in [6, 6.07) is 4.73. The van der Waals surface area contributed by atoms with E-state index < -0.39 is 0 Å². The molecular formula is C19H26Cl2N4O2. The van der Waals surface area contributed by atoms with Gasteiger partial charge in [-0.15, -0.1) is 0 Å². The van der Waals surface area contributed by atoms with Crippen LogP contribution >= 0.6 is 23.2 Å². The normalized spacial score (nSPS) is 19.9. The van der Waals surface area contributed by atoms with E-state index in [1.165, 1.54) is 0 Å². The number of nitrogens with zero attached hydrogens (tertiary/aromatic N) is 3. The van der Waals surface area contributed by atoms with Crippen LogP contribution in [-0.2, 0) is 9.59 Å². The number of likely N-dealkylation sites (tertiary alicyclic amines) is 1. The molecule has 0 aromatic heterocycles. The molecule has 2 amide bonds. The molecule has 0 saturated carbocycles. The Morgan fingerprint density at radius 2 is 1.59 bits per heavy atom. The molecular weight excluding hydrogens is 387 g/mol. The number of hydrogen-bond donors (Lipinski definition) is 1. The van der Waals surface area contributed by atoms with Gasteiger partial charge in [-0.2, -0.15) is 0 Å². The summed E-state index contributed by atoms with van der Waals surface area (Å²) in [5.41, 5.74) is 0.596. The Kier molecular flexibility index (Phi) is 6.98. The smallest absolute Gasteiger partial charge is 0.241 e. The SMILES string of the molecule is C[C@H](C(=O)Nc1cc(Cl)cc(Cl)c1)N1CCN(CC(=O)N2CCCC2)CC1. The molecule has 1 aromatic rings. The van der Waals surface area contributed by atoms with E-state index in [4.69, 9.17) is 23.2 Å². The van der Waals surface area contributed by atoms with Crippen molar-refractivity contribution in [1.82, 2.24) is 14.7 Å². The number of carbonyl (C=O) groups is 2. The van der Waals surface area contributed by atoms with Crippen molar-refractivity contribution < 1.29 is 9.59 Å². The van der Waals surface area contributed by atoms with Gasteiger partial charge in [-0.05, 0) is 38.0 Å². The van der Waals surface area contributed by atoms with Gasteiger partial charge >= 0.3 is 0 Å². The lowest BCUT2D eigenvalue weighted by Crippen LogP contribution is -2.54. The van der Waals surface area contributed by atoms with Gasteiger partial charge < -0.3 is 10.2 Å². The van der Waals surface area contributed by atoms with E-state index in [0.717, 1.165) is 52.1 Å². The number of halogens is 2.